The smallest absolute Gasteiger partial charge is 0.307 e. The average Bonchev–Trinajstić information content (AvgIpc) is 3.54. The molecule has 214 valence electrons. The van der Waals surface area contributed by atoms with Gasteiger partial charge in [-0.2, -0.15) is 0 Å². The Bertz CT molecular complexity index is 1510. The number of nitrogens with zero attached hydrogens (tertiary/aromatic N) is 6. The molecule has 0 unspecified atom stereocenters. The molecule has 1 saturated carbocycles. The number of aliphatic carboxylic acids is 1. The number of rotatable bonds is 5. The first-order valence-electron chi connectivity index (χ1n) is 13.9. The molecule has 2 aromatic heterocycles. The molecule has 0 radical (unpaired) electrons. The molecule has 1 aromatic carbocycles. The van der Waals surface area contributed by atoms with Gasteiger partial charge in [0.2, 0.25) is 0 Å². The van der Waals surface area contributed by atoms with Crippen LogP contribution in [0.3, 0.4) is 0 Å². The van der Waals surface area contributed by atoms with Crippen molar-refractivity contribution in [3.8, 4) is 0 Å². The van der Waals surface area contributed by atoms with Crippen molar-refractivity contribution < 1.29 is 19.1 Å². The minimum Gasteiger partial charge on any atom is -0.481 e. The third-order valence-electron chi connectivity index (χ3n) is 8.60. The van der Waals surface area contributed by atoms with Crippen LogP contribution in [0.4, 0.5) is 21.7 Å². The van der Waals surface area contributed by atoms with Crippen molar-refractivity contribution in [1.29, 1.82) is 0 Å². The van der Waals surface area contributed by atoms with Gasteiger partial charge in [-0.15, -0.1) is 0 Å². The summed E-state index contributed by atoms with van der Waals surface area (Å²) in [5.74, 6) is -0.123. The maximum atomic E-state index is 14.4. The molecule has 1 saturated heterocycles. The number of amides is 1. The first-order valence-corrected chi connectivity index (χ1v) is 14.3. The van der Waals surface area contributed by atoms with E-state index in [2.05, 4.69) is 9.88 Å². The lowest BCUT2D eigenvalue weighted by Gasteiger charge is -2.47. The van der Waals surface area contributed by atoms with Crippen LogP contribution >= 0.6 is 11.6 Å². The molecule has 1 amide bonds. The highest BCUT2D eigenvalue weighted by Gasteiger charge is 2.48. The Labute approximate surface area is 243 Å². The van der Waals surface area contributed by atoms with Crippen molar-refractivity contribution in [2.24, 2.45) is 0 Å². The van der Waals surface area contributed by atoms with Crippen molar-refractivity contribution in [2.45, 2.75) is 56.9 Å². The average molecular weight is 579 g/mol. The largest absolute Gasteiger partial charge is 0.481 e. The molecule has 0 bridgehead atoms. The number of hydrogen-bond acceptors (Lipinski definition) is 7. The van der Waals surface area contributed by atoms with Gasteiger partial charge in [-0.25, -0.2) is 19.3 Å². The highest BCUT2D eigenvalue weighted by molar-refractivity contribution is 6.30. The quantitative estimate of drug-likeness (QED) is 0.451. The second kappa shape index (κ2) is 10.2. The van der Waals surface area contributed by atoms with E-state index in [1.54, 1.807) is 30.6 Å². The molecule has 3 aromatic rings. The third-order valence-corrected chi connectivity index (χ3v) is 8.91. The van der Waals surface area contributed by atoms with Gasteiger partial charge in [0.05, 0.1) is 28.9 Å². The predicted octanol–water partition coefficient (Wildman–Crippen LogP) is 5.00. The molecule has 11 heteroatoms. The van der Waals surface area contributed by atoms with Gasteiger partial charge in [0.15, 0.2) is 5.82 Å². The van der Waals surface area contributed by atoms with Crippen LogP contribution in [0.15, 0.2) is 42.7 Å². The SMILES string of the molecule is CC1(C)CN(c2ccc(CC(=O)O)cn2)CCN1C(=O)c1cnc2c(n1)C1(CCCC1)CN2c1ccc(Cl)c(F)c1. The molecule has 3 aliphatic rings. The second-order valence-electron chi connectivity index (χ2n) is 11.9. The first kappa shape index (κ1) is 27.4. The monoisotopic (exact) mass is 578 g/mol. The van der Waals surface area contributed by atoms with Gasteiger partial charge in [0, 0.05) is 43.5 Å². The number of anilines is 3. The first-order chi connectivity index (χ1) is 19.6. The van der Waals surface area contributed by atoms with E-state index in [1.165, 1.54) is 6.07 Å². The molecule has 9 nitrogen and oxygen atoms in total. The van der Waals surface area contributed by atoms with E-state index in [0.717, 1.165) is 37.2 Å². The van der Waals surface area contributed by atoms with E-state index in [-0.39, 0.29) is 22.8 Å². The van der Waals surface area contributed by atoms with E-state index in [0.29, 0.717) is 48.9 Å². The lowest BCUT2D eigenvalue weighted by molar-refractivity contribution is -0.136. The molecular weight excluding hydrogens is 547 g/mol. The summed E-state index contributed by atoms with van der Waals surface area (Å²) in [6.07, 6.45) is 7.10. The highest BCUT2D eigenvalue weighted by Crippen LogP contribution is 2.51. The van der Waals surface area contributed by atoms with Gasteiger partial charge in [0.1, 0.15) is 17.3 Å². The fourth-order valence-corrected chi connectivity index (χ4v) is 6.67. The van der Waals surface area contributed by atoms with Crippen LogP contribution in [0.25, 0.3) is 0 Å². The van der Waals surface area contributed by atoms with Gasteiger partial charge in [0.25, 0.3) is 5.91 Å². The van der Waals surface area contributed by atoms with E-state index in [4.69, 9.17) is 26.7 Å². The summed E-state index contributed by atoms with van der Waals surface area (Å²) in [4.78, 5) is 45.0. The van der Waals surface area contributed by atoms with Crippen LogP contribution in [0, 0.1) is 5.82 Å². The van der Waals surface area contributed by atoms with Crippen molar-refractivity contribution in [3.05, 3.63) is 70.5 Å². The normalized spacial score (nSPS) is 19.1. The van der Waals surface area contributed by atoms with Crippen molar-refractivity contribution in [3.63, 3.8) is 0 Å². The minimum atomic E-state index is -0.895. The van der Waals surface area contributed by atoms with Crippen LogP contribution in [-0.4, -0.2) is 68.6 Å². The summed E-state index contributed by atoms with van der Waals surface area (Å²) in [6, 6.07) is 8.38. The van der Waals surface area contributed by atoms with Gasteiger partial charge in [-0.1, -0.05) is 30.5 Å². The number of carbonyl (C=O) groups excluding carboxylic acids is 1. The Balaban J connectivity index is 1.25. The number of carboxylic acid groups (broad SMARTS) is 1. The summed E-state index contributed by atoms with van der Waals surface area (Å²) in [5.41, 5.74) is 1.71. The zero-order chi connectivity index (χ0) is 28.9. The van der Waals surface area contributed by atoms with Crippen LogP contribution in [0.2, 0.25) is 5.02 Å². The molecule has 2 fully saturated rings. The fraction of sp³-hybridized carbons (Fsp3) is 0.433. The van der Waals surface area contributed by atoms with Crippen molar-refractivity contribution in [2.75, 3.05) is 36.0 Å². The van der Waals surface area contributed by atoms with Gasteiger partial charge in [-0.05, 0) is 56.5 Å². The van der Waals surface area contributed by atoms with Crippen LogP contribution < -0.4 is 9.80 Å². The molecule has 1 spiro atoms. The summed E-state index contributed by atoms with van der Waals surface area (Å²) in [5, 5.41) is 9.09. The standard InChI is InChI=1S/C30H32ClFN6O3/c1-29(2)17-36(24-8-5-19(15-33-24)13-25(39)40)11-12-38(29)28(41)23-16-34-27-26(35-23)30(9-3-4-10-30)18-37(27)20-6-7-21(31)22(32)14-20/h5-8,14-16H,3-4,9-13,17-18H2,1-2H3,(H,39,40). The number of carboxylic acids is 1. The zero-order valence-electron chi connectivity index (χ0n) is 23.1. The number of piperazine rings is 1. The molecule has 0 atom stereocenters. The summed E-state index contributed by atoms with van der Waals surface area (Å²) < 4.78 is 14.4. The Hall–Kier alpha value is -3.79. The Morgan fingerprint density at radius 3 is 2.49 bits per heavy atom. The maximum Gasteiger partial charge on any atom is 0.307 e. The predicted molar refractivity (Wildman–Crippen MR) is 153 cm³/mol. The lowest BCUT2D eigenvalue weighted by atomic mass is 9.84. The number of pyridine rings is 1. The molecule has 1 aliphatic carbocycles. The van der Waals surface area contributed by atoms with Crippen LogP contribution in [0.1, 0.15) is 61.3 Å². The van der Waals surface area contributed by atoms with E-state index < -0.39 is 17.3 Å². The van der Waals surface area contributed by atoms with E-state index in [9.17, 15) is 14.0 Å². The van der Waals surface area contributed by atoms with Gasteiger partial charge in [-0.3, -0.25) is 9.59 Å². The Morgan fingerprint density at radius 2 is 1.83 bits per heavy atom. The van der Waals surface area contributed by atoms with Crippen molar-refractivity contribution >= 4 is 40.8 Å². The topological polar surface area (TPSA) is 103 Å². The Morgan fingerprint density at radius 1 is 1.05 bits per heavy atom. The minimum absolute atomic E-state index is 0.0709. The Kier molecular flexibility index (Phi) is 6.84. The number of halogens is 2. The molecule has 4 heterocycles. The number of aromatic nitrogens is 3. The van der Waals surface area contributed by atoms with Crippen molar-refractivity contribution in [1.82, 2.24) is 19.9 Å². The molecule has 2 aliphatic heterocycles. The third kappa shape index (κ3) is 4.98. The van der Waals surface area contributed by atoms with Crippen LogP contribution in [-0.2, 0) is 16.6 Å². The molecule has 6 rings (SSSR count). The summed E-state index contributed by atoms with van der Waals surface area (Å²) >= 11 is 5.94. The molecule has 41 heavy (non-hydrogen) atoms. The van der Waals surface area contributed by atoms with E-state index in [1.807, 2.05) is 29.7 Å². The highest BCUT2D eigenvalue weighted by atomic mass is 35.5. The number of hydrogen-bond donors (Lipinski definition) is 1. The van der Waals surface area contributed by atoms with E-state index >= 15 is 0 Å². The molecule has 1 N–H and O–H groups in total. The van der Waals surface area contributed by atoms with Gasteiger partial charge < -0.3 is 19.8 Å². The fourth-order valence-electron chi connectivity index (χ4n) is 6.55. The van der Waals surface area contributed by atoms with Gasteiger partial charge >= 0.3 is 5.97 Å². The zero-order valence-corrected chi connectivity index (χ0v) is 23.9. The maximum absolute atomic E-state index is 14.4. The number of carbonyl (C=O) groups is 2. The lowest BCUT2D eigenvalue weighted by Crippen LogP contribution is -2.61. The number of benzene rings is 1. The second-order valence-corrected chi connectivity index (χ2v) is 12.3. The van der Waals surface area contributed by atoms with Crippen LogP contribution in [0.5, 0.6) is 0 Å². The summed E-state index contributed by atoms with van der Waals surface area (Å²) in [7, 11) is 0. The number of fused-ring (bicyclic) bond motifs is 2. The molecular formula is C30H32ClFN6O3. The summed E-state index contributed by atoms with van der Waals surface area (Å²) in [6.45, 7) is 6.30.